The van der Waals surface area contributed by atoms with Crippen molar-refractivity contribution >= 4 is 29.1 Å². The van der Waals surface area contributed by atoms with Crippen LogP contribution in [0, 0.1) is 33.3 Å². The smallest absolute Gasteiger partial charge is 0.288 e. The van der Waals surface area contributed by atoms with E-state index in [1.807, 2.05) is 0 Å². The number of nitrogens with zero attached hydrogens (tertiary/aromatic N) is 1. The highest BCUT2D eigenvalue weighted by atomic mass is 35.5. The van der Waals surface area contributed by atoms with Gasteiger partial charge in [-0.1, -0.05) is 23.7 Å². The predicted molar refractivity (Wildman–Crippen MR) is 92.8 cm³/mol. The second-order valence-electron chi connectivity index (χ2n) is 7.86. The first kappa shape index (κ1) is 15.8. The molecule has 0 spiro atoms. The zero-order valence-corrected chi connectivity index (χ0v) is 14.2. The molecule has 4 aliphatic rings. The molecule has 0 N–H and O–H groups in total. The van der Waals surface area contributed by atoms with E-state index in [2.05, 4.69) is 0 Å². The number of benzene rings is 1. The molecule has 4 bridgehead atoms. The number of hydrogen-bond acceptors (Lipinski definition) is 3. The van der Waals surface area contributed by atoms with Gasteiger partial charge in [0.25, 0.3) is 5.69 Å². The number of rotatable bonds is 4. The summed E-state index contributed by atoms with van der Waals surface area (Å²) in [6.07, 6.45) is 10.3. The van der Waals surface area contributed by atoms with Crippen LogP contribution in [0.15, 0.2) is 24.3 Å². The third kappa shape index (κ3) is 2.67. The van der Waals surface area contributed by atoms with Crippen LogP contribution in [0.5, 0.6) is 0 Å². The average molecular weight is 346 g/mol. The minimum absolute atomic E-state index is 0.115. The number of carbonyl (C=O) groups excluding carboxylic acids is 1. The molecule has 0 radical (unpaired) electrons. The summed E-state index contributed by atoms with van der Waals surface area (Å²) in [6.45, 7) is 0. The van der Waals surface area contributed by atoms with Crippen molar-refractivity contribution in [2.45, 2.75) is 38.5 Å². The van der Waals surface area contributed by atoms with Crippen molar-refractivity contribution in [2.24, 2.45) is 23.2 Å². The van der Waals surface area contributed by atoms with Crippen LogP contribution in [0.25, 0.3) is 6.08 Å². The number of allylic oxidation sites excluding steroid dienone is 1. The van der Waals surface area contributed by atoms with Crippen molar-refractivity contribution < 1.29 is 9.72 Å². The fraction of sp³-hybridized carbons (Fsp3) is 0.526. The summed E-state index contributed by atoms with van der Waals surface area (Å²) in [5.41, 5.74) is 0.356. The van der Waals surface area contributed by atoms with Crippen molar-refractivity contribution in [3.8, 4) is 0 Å². The largest absolute Gasteiger partial charge is 0.294 e. The maximum Gasteiger partial charge on any atom is 0.288 e. The first-order valence-corrected chi connectivity index (χ1v) is 8.99. The van der Waals surface area contributed by atoms with Crippen LogP contribution in [0.1, 0.15) is 44.1 Å². The standard InChI is InChI=1S/C19H20ClNO3/c20-16-3-1-12(8-17(16)21(23)24)2-4-18(22)19-9-13-5-14(10-19)7-15(6-13)11-19/h1-4,8,13-15H,5-7,9-11H2/b4-2+. The Labute approximate surface area is 146 Å². The molecule has 0 saturated heterocycles. The third-order valence-electron chi connectivity index (χ3n) is 6.15. The summed E-state index contributed by atoms with van der Waals surface area (Å²) in [7, 11) is 0. The second kappa shape index (κ2) is 5.69. The Bertz CT molecular complexity index is 705. The number of hydrogen-bond donors (Lipinski definition) is 0. The normalized spacial score (nSPS) is 34.0. The van der Waals surface area contributed by atoms with Gasteiger partial charge in [0.15, 0.2) is 5.78 Å². The number of nitro benzene ring substituents is 1. The molecule has 4 saturated carbocycles. The van der Waals surface area contributed by atoms with Gasteiger partial charge in [-0.05, 0) is 74.0 Å². The van der Waals surface area contributed by atoms with Crippen LogP contribution in [0.3, 0.4) is 0 Å². The number of nitro groups is 1. The van der Waals surface area contributed by atoms with Gasteiger partial charge in [-0.3, -0.25) is 14.9 Å². The fourth-order valence-corrected chi connectivity index (χ4v) is 5.72. The van der Waals surface area contributed by atoms with E-state index in [0.717, 1.165) is 37.0 Å². The molecule has 5 heteroatoms. The molecule has 0 heterocycles. The summed E-state index contributed by atoms with van der Waals surface area (Å²) in [5.74, 6) is 2.39. The lowest BCUT2D eigenvalue weighted by Crippen LogP contribution is -2.49. The molecular formula is C19H20ClNO3. The highest BCUT2D eigenvalue weighted by Crippen LogP contribution is 2.60. The Morgan fingerprint density at radius 2 is 1.75 bits per heavy atom. The lowest BCUT2D eigenvalue weighted by Gasteiger charge is -2.55. The van der Waals surface area contributed by atoms with E-state index in [1.54, 1.807) is 18.2 Å². The molecule has 4 aliphatic carbocycles. The van der Waals surface area contributed by atoms with Crippen LogP contribution in [0.4, 0.5) is 5.69 Å². The number of ketones is 1. The van der Waals surface area contributed by atoms with E-state index in [-0.39, 0.29) is 21.9 Å². The molecule has 5 rings (SSSR count). The van der Waals surface area contributed by atoms with Crippen molar-refractivity contribution in [1.82, 2.24) is 0 Å². The molecule has 0 aromatic heterocycles. The van der Waals surface area contributed by atoms with Gasteiger partial charge in [0, 0.05) is 11.5 Å². The minimum Gasteiger partial charge on any atom is -0.294 e. The monoisotopic (exact) mass is 345 g/mol. The topological polar surface area (TPSA) is 60.2 Å². The molecule has 0 aliphatic heterocycles. The Morgan fingerprint density at radius 1 is 1.17 bits per heavy atom. The van der Waals surface area contributed by atoms with E-state index in [4.69, 9.17) is 11.6 Å². The Balaban J connectivity index is 1.55. The lowest BCUT2D eigenvalue weighted by molar-refractivity contribution is -0.384. The Hall–Kier alpha value is -1.68. The highest BCUT2D eigenvalue weighted by molar-refractivity contribution is 6.32. The quantitative estimate of drug-likeness (QED) is 0.436. The van der Waals surface area contributed by atoms with Gasteiger partial charge in [-0.2, -0.15) is 0 Å². The number of halogens is 1. The van der Waals surface area contributed by atoms with Gasteiger partial charge in [-0.25, -0.2) is 0 Å². The van der Waals surface area contributed by atoms with Gasteiger partial charge in [0.1, 0.15) is 5.02 Å². The van der Waals surface area contributed by atoms with Crippen LogP contribution in [-0.4, -0.2) is 10.7 Å². The maximum atomic E-state index is 12.9. The van der Waals surface area contributed by atoms with Crippen molar-refractivity contribution in [2.75, 3.05) is 0 Å². The number of carbonyl (C=O) groups is 1. The van der Waals surface area contributed by atoms with E-state index < -0.39 is 4.92 Å². The molecular weight excluding hydrogens is 326 g/mol. The van der Waals surface area contributed by atoms with Crippen molar-refractivity contribution in [3.63, 3.8) is 0 Å². The van der Waals surface area contributed by atoms with E-state index in [1.165, 1.54) is 31.4 Å². The van der Waals surface area contributed by atoms with E-state index in [0.29, 0.717) is 5.56 Å². The fourth-order valence-electron chi connectivity index (χ4n) is 5.53. The summed E-state index contributed by atoms with van der Waals surface area (Å²) >= 11 is 5.83. The summed E-state index contributed by atoms with van der Waals surface area (Å²) in [6, 6.07) is 4.64. The van der Waals surface area contributed by atoms with Crippen molar-refractivity contribution in [1.29, 1.82) is 0 Å². The molecule has 0 unspecified atom stereocenters. The molecule has 1 aromatic rings. The minimum atomic E-state index is -0.499. The zero-order valence-electron chi connectivity index (χ0n) is 13.4. The van der Waals surface area contributed by atoms with E-state index >= 15 is 0 Å². The summed E-state index contributed by atoms with van der Waals surface area (Å²) < 4.78 is 0. The average Bonchev–Trinajstić information content (AvgIpc) is 2.52. The molecule has 1 aromatic carbocycles. The third-order valence-corrected chi connectivity index (χ3v) is 6.47. The van der Waals surface area contributed by atoms with E-state index in [9.17, 15) is 14.9 Å². The van der Waals surface area contributed by atoms with Crippen LogP contribution in [-0.2, 0) is 4.79 Å². The van der Waals surface area contributed by atoms with Crippen molar-refractivity contribution in [3.05, 3.63) is 45.0 Å². The van der Waals surface area contributed by atoms with Gasteiger partial charge in [-0.15, -0.1) is 0 Å². The Morgan fingerprint density at radius 3 is 2.29 bits per heavy atom. The molecule has 4 nitrogen and oxygen atoms in total. The molecule has 126 valence electrons. The van der Waals surface area contributed by atoms with Gasteiger partial charge in [0.05, 0.1) is 4.92 Å². The summed E-state index contributed by atoms with van der Waals surface area (Å²) in [5, 5.41) is 11.1. The van der Waals surface area contributed by atoms with Crippen LogP contribution < -0.4 is 0 Å². The summed E-state index contributed by atoms with van der Waals surface area (Å²) in [4.78, 5) is 23.4. The molecule has 4 fully saturated rings. The van der Waals surface area contributed by atoms with Crippen LogP contribution in [0.2, 0.25) is 5.02 Å². The molecule has 0 amide bonds. The maximum absolute atomic E-state index is 12.9. The first-order valence-electron chi connectivity index (χ1n) is 8.62. The molecule has 0 atom stereocenters. The van der Waals surface area contributed by atoms with Gasteiger partial charge in [0.2, 0.25) is 0 Å². The predicted octanol–water partition coefficient (Wildman–Crippen LogP) is 5.05. The first-order chi connectivity index (χ1) is 11.4. The SMILES string of the molecule is O=C(/C=C/c1ccc(Cl)c([N+](=O)[O-])c1)C12CC3CC(CC(C3)C1)C2. The van der Waals surface area contributed by atoms with Gasteiger partial charge < -0.3 is 0 Å². The van der Waals surface area contributed by atoms with Crippen LogP contribution >= 0.6 is 11.6 Å². The zero-order chi connectivity index (χ0) is 16.9. The molecule has 24 heavy (non-hydrogen) atoms. The second-order valence-corrected chi connectivity index (χ2v) is 8.27. The highest BCUT2D eigenvalue weighted by Gasteiger charge is 2.53. The Kier molecular flexibility index (Phi) is 3.75. The lowest BCUT2D eigenvalue weighted by atomic mass is 9.48. The van der Waals surface area contributed by atoms with Gasteiger partial charge >= 0.3 is 0 Å².